The number of rotatable bonds is 3. The maximum Gasteiger partial charge on any atom is 0.231 e. The summed E-state index contributed by atoms with van der Waals surface area (Å²) in [5.74, 6) is 1.34. The van der Waals surface area contributed by atoms with Gasteiger partial charge in [-0.05, 0) is 36.2 Å². The lowest BCUT2D eigenvalue weighted by molar-refractivity contribution is -0.117. The number of nitrogen functional groups attached to an aromatic ring is 1. The lowest BCUT2D eigenvalue weighted by atomic mass is 9.98. The van der Waals surface area contributed by atoms with Crippen LogP contribution in [0.1, 0.15) is 24.8 Å². The van der Waals surface area contributed by atoms with Crippen LogP contribution in [0.15, 0.2) is 30.3 Å². The molecule has 0 saturated heterocycles. The van der Waals surface area contributed by atoms with Gasteiger partial charge >= 0.3 is 0 Å². The fraction of sp³-hybridized carbons (Fsp3) is 0.222. The SMILES string of the molecule is CCC1C(=O)Nc2cc3nc(-c4ccc(N)cc4OC)[nH]c3cc21. The third-order valence-electron chi connectivity index (χ3n) is 4.49. The normalized spacial score (nSPS) is 16.2. The number of carbonyl (C=O) groups excluding carboxylic acids is 1. The lowest BCUT2D eigenvalue weighted by Crippen LogP contribution is -2.10. The third-order valence-corrected chi connectivity index (χ3v) is 4.49. The number of anilines is 2. The first kappa shape index (κ1) is 14.6. The second kappa shape index (κ2) is 5.26. The zero-order chi connectivity index (χ0) is 16.8. The summed E-state index contributed by atoms with van der Waals surface area (Å²) in [5, 5.41) is 2.94. The molecule has 1 aliphatic heterocycles. The van der Waals surface area contributed by atoms with Gasteiger partial charge in [-0.2, -0.15) is 0 Å². The van der Waals surface area contributed by atoms with E-state index in [1.807, 2.05) is 31.2 Å². The van der Waals surface area contributed by atoms with Crippen molar-refractivity contribution < 1.29 is 9.53 Å². The Bertz CT molecular complexity index is 961. The highest BCUT2D eigenvalue weighted by molar-refractivity contribution is 6.05. The average molecular weight is 322 g/mol. The quantitative estimate of drug-likeness (QED) is 0.645. The Morgan fingerprint density at radius 1 is 1.29 bits per heavy atom. The monoisotopic (exact) mass is 322 g/mol. The highest BCUT2D eigenvalue weighted by Crippen LogP contribution is 2.38. The molecule has 0 aliphatic carbocycles. The van der Waals surface area contributed by atoms with Crippen LogP contribution in [0.25, 0.3) is 22.4 Å². The number of benzene rings is 2. The minimum Gasteiger partial charge on any atom is -0.496 e. The van der Waals surface area contributed by atoms with Crippen LogP contribution in [0, 0.1) is 0 Å². The van der Waals surface area contributed by atoms with Crippen molar-refractivity contribution in [1.82, 2.24) is 9.97 Å². The third kappa shape index (κ3) is 2.11. The predicted molar refractivity (Wildman–Crippen MR) is 94.2 cm³/mol. The van der Waals surface area contributed by atoms with Crippen LogP contribution < -0.4 is 15.8 Å². The Labute approximate surface area is 139 Å². The molecular formula is C18H18N4O2. The number of nitrogens with zero attached hydrogens (tertiary/aromatic N) is 1. The topological polar surface area (TPSA) is 93.0 Å². The van der Waals surface area contributed by atoms with Gasteiger partial charge in [-0.3, -0.25) is 4.79 Å². The van der Waals surface area contributed by atoms with Crippen molar-refractivity contribution in [2.45, 2.75) is 19.3 Å². The molecule has 0 spiro atoms. The number of hydrogen-bond donors (Lipinski definition) is 3. The Balaban J connectivity index is 1.85. The summed E-state index contributed by atoms with van der Waals surface area (Å²) in [4.78, 5) is 20.0. The Kier molecular flexibility index (Phi) is 3.19. The van der Waals surface area contributed by atoms with E-state index < -0.39 is 0 Å². The summed E-state index contributed by atoms with van der Waals surface area (Å²) in [6.45, 7) is 2.02. The molecule has 1 unspecified atom stereocenters. The van der Waals surface area contributed by atoms with E-state index in [1.54, 1.807) is 13.2 Å². The van der Waals surface area contributed by atoms with Crippen LogP contribution in [0.4, 0.5) is 11.4 Å². The maximum absolute atomic E-state index is 12.0. The molecule has 0 bridgehead atoms. The molecule has 2 heterocycles. The number of hydrogen-bond acceptors (Lipinski definition) is 4. The van der Waals surface area contributed by atoms with E-state index >= 15 is 0 Å². The van der Waals surface area contributed by atoms with Crippen molar-refractivity contribution in [2.75, 3.05) is 18.2 Å². The molecule has 122 valence electrons. The zero-order valence-electron chi connectivity index (χ0n) is 13.5. The molecule has 4 rings (SSSR count). The predicted octanol–water partition coefficient (Wildman–Crippen LogP) is 3.27. The molecule has 6 heteroatoms. The number of H-pyrrole nitrogens is 1. The van der Waals surface area contributed by atoms with Crippen LogP contribution in [-0.2, 0) is 4.79 Å². The lowest BCUT2D eigenvalue weighted by Gasteiger charge is -2.06. The van der Waals surface area contributed by atoms with Gasteiger partial charge < -0.3 is 20.8 Å². The van der Waals surface area contributed by atoms with Gasteiger partial charge in [-0.15, -0.1) is 0 Å². The van der Waals surface area contributed by atoms with Gasteiger partial charge in [0.25, 0.3) is 0 Å². The summed E-state index contributed by atoms with van der Waals surface area (Å²) in [6.07, 6.45) is 0.775. The van der Waals surface area contributed by atoms with Gasteiger partial charge in [-0.25, -0.2) is 4.98 Å². The summed E-state index contributed by atoms with van der Waals surface area (Å²) in [6, 6.07) is 9.41. The van der Waals surface area contributed by atoms with E-state index in [4.69, 9.17) is 10.5 Å². The molecule has 0 fully saturated rings. The van der Waals surface area contributed by atoms with Crippen molar-refractivity contribution in [2.24, 2.45) is 0 Å². The maximum atomic E-state index is 12.0. The number of aromatic amines is 1. The van der Waals surface area contributed by atoms with Crippen LogP contribution in [-0.4, -0.2) is 23.0 Å². The molecular weight excluding hydrogens is 304 g/mol. The Hall–Kier alpha value is -3.02. The van der Waals surface area contributed by atoms with Crippen LogP contribution >= 0.6 is 0 Å². The summed E-state index contributed by atoms with van der Waals surface area (Å²) < 4.78 is 5.41. The van der Waals surface area contributed by atoms with Crippen molar-refractivity contribution in [1.29, 1.82) is 0 Å². The van der Waals surface area contributed by atoms with Gasteiger partial charge in [0.15, 0.2) is 0 Å². The van der Waals surface area contributed by atoms with Gasteiger partial charge in [-0.1, -0.05) is 6.92 Å². The fourth-order valence-corrected chi connectivity index (χ4v) is 3.27. The van der Waals surface area contributed by atoms with E-state index in [0.717, 1.165) is 34.3 Å². The van der Waals surface area contributed by atoms with Crippen molar-refractivity contribution in [3.8, 4) is 17.1 Å². The van der Waals surface area contributed by atoms with E-state index in [0.29, 0.717) is 17.3 Å². The number of fused-ring (bicyclic) bond motifs is 2. The molecule has 1 aromatic heterocycles. The first-order chi connectivity index (χ1) is 11.6. The molecule has 1 amide bonds. The molecule has 1 atom stereocenters. The molecule has 6 nitrogen and oxygen atoms in total. The number of nitrogens with one attached hydrogen (secondary N) is 2. The van der Waals surface area contributed by atoms with Crippen molar-refractivity contribution in [3.05, 3.63) is 35.9 Å². The molecule has 3 aromatic rings. The van der Waals surface area contributed by atoms with E-state index in [9.17, 15) is 4.79 Å². The first-order valence-corrected chi connectivity index (χ1v) is 7.89. The molecule has 2 aromatic carbocycles. The summed E-state index contributed by atoms with van der Waals surface area (Å²) in [5.41, 5.74) is 10.9. The van der Waals surface area contributed by atoms with Gasteiger partial charge in [0, 0.05) is 17.4 Å². The minimum absolute atomic E-state index is 0.0561. The zero-order valence-corrected chi connectivity index (χ0v) is 13.5. The number of carbonyl (C=O) groups is 1. The fourth-order valence-electron chi connectivity index (χ4n) is 3.27. The second-order valence-electron chi connectivity index (χ2n) is 5.95. The summed E-state index contributed by atoms with van der Waals surface area (Å²) >= 11 is 0. The standard InChI is InChI=1S/C18H18N4O2/c1-3-10-12-7-14-15(8-13(12)22-18(10)23)21-17(20-14)11-5-4-9(19)6-16(11)24-2/h4-8,10H,3,19H2,1-2H3,(H,20,21)(H,22,23). The van der Waals surface area contributed by atoms with Crippen LogP contribution in [0.2, 0.25) is 0 Å². The first-order valence-electron chi connectivity index (χ1n) is 7.89. The number of aromatic nitrogens is 2. The van der Waals surface area contributed by atoms with Crippen molar-refractivity contribution >= 4 is 28.3 Å². The minimum atomic E-state index is -0.0952. The van der Waals surface area contributed by atoms with E-state index in [2.05, 4.69) is 15.3 Å². The largest absolute Gasteiger partial charge is 0.496 e. The molecule has 0 saturated carbocycles. The number of imidazole rings is 1. The van der Waals surface area contributed by atoms with E-state index in [1.165, 1.54) is 0 Å². The Morgan fingerprint density at radius 3 is 2.88 bits per heavy atom. The highest BCUT2D eigenvalue weighted by Gasteiger charge is 2.29. The highest BCUT2D eigenvalue weighted by atomic mass is 16.5. The number of ether oxygens (including phenoxy) is 1. The molecule has 1 aliphatic rings. The molecule has 24 heavy (non-hydrogen) atoms. The van der Waals surface area contributed by atoms with Gasteiger partial charge in [0.05, 0.1) is 29.6 Å². The van der Waals surface area contributed by atoms with Crippen LogP contribution in [0.3, 0.4) is 0 Å². The Morgan fingerprint density at radius 2 is 2.12 bits per heavy atom. The smallest absolute Gasteiger partial charge is 0.231 e. The van der Waals surface area contributed by atoms with Crippen LogP contribution in [0.5, 0.6) is 5.75 Å². The van der Waals surface area contributed by atoms with Gasteiger partial charge in [0.1, 0.15) is 11.6 Å². The number of amides is 1. The van der Waals surface area contributed by atoms with E-state index in [-0.39, 0.29) is 11.8 Å². The summed E-state index contributed by atoms with van der Waals surface area (Å²) in [7, 11) is 1.61. The van der Waals surface area contributed by atoms with Gasteiger partial charge in [0.2, 0.25) is 5.91 Å². The molecule has 4 N–H and O–H groups in total. The van der Waals surface area contributed by atoms with Crippen molar-refractivity contribution in [3.63, 3.8) is 0 Å². The number of methoxy groups -OCH3 is 1. The number of nitrogens with two attached hydrogens (primary N) is 1. The second-order valence-corrected chi connectivity index (χ2v) is 5.95. The average Bonchev–Trinajstić information content (AvgIpc) is 3.11. The molecule has 0 radical (unpaired) electrons.